The van der Waals surface area contributed by atoms with Crippen molar-refractivity contribution in [2.75, 3.05) is 26.2 Å². The Balaban J connectivity index is 2.12. The second-order valence-corrected chi connectivity index (χ2v) is 6.28. The molecule has 5 nitrogen and oxygen atoms in total. The van der Waals surface area contributed by atoms with Crippen LogP contribution in [0.4, 0.5) is 0 Å². The molecule has 0 aliphatic carbocycles. The molecule has 1 amide bonds. The van der Waals surface area contributed by atoms with E-state index in [0.29, 0.717) is 18.9 Å². The van der Waals surface area contributed by atoms with Crippen molar-refractivity contribution < 1.29 is 4.79 Å². The van der Waals surface area contributed by atoms with Crippen molar-refractivity contribution in [3.05, 3.63) is 18.0 Å². The lowest BCUT2D eigenvalue weighted by Gasteiger charge is -2.36. The zero-order valence-corrected chi connectivity index (χ0v) is 13.7. The first-order valence-electron chi connectivity index (χ1n) is 8.07. The zero-order chi connectivity index (χ0) is 15.4. The van der Waals surface area contributed by atoms with Crippen LogP contribution in [-0.2, 0) is 11.3 Å². The lowest BCUT2D eigenvalue weighted by Crippen LogP contribution is -2.45. The predicted molar refractivity (Wildman–Crippen MR) is 83.9 cm³/mol. The van der Waals surface area contributed by atoms with E-state index in [0.717, 1.165) is 31.9 Å². The minimum absolute atomic E-state index is 0.264. The van der Waals surface area contributed by atoms with Crippen LogP contribution in [-0.4, -0.2) is 51.7 Å². The fourth-order valence-corrected chi connectivity index (χ4v) is 2.97. The van der Waals surface area contributed by atoms with Gasteiger partial charge in [-0.15, -0.1) is 0 Å². The van der Waals surface area contributed by atoms with Gasteiger partial charge in [0.1, 0.15) is 0 Å². The number of hydrogen-bond donors (Lipinski definition) is 0. The molecule has 0 spiro atoms. The van der Waals surface area contributed by atoms with E-state index in [2.05, 4.69) is 42.4 Å². The van der Waals surface area contributed by atoms with E-state index in [1.165, 1.54) is 0 Å². The molecule has 1 aromatic rings. The van der Waals surface area contributed by atoms with E-state index in [-0.39, 0.29) is 11.9 Å². The SMILES string of the molecule is CCN(CC)CC1CN(C(=O)CC(C)C)Cc2ccnn21. The molecule has 0 bridgehead atoms. The summed E-state index contributed by atoms with van der Waals surface area (Å²) in [6.45, 7) is 13.0. The molecule has 1 aliphatic heterocycles. The topological polar surface area (TPSA) is 41.4 Å². The molecule has 0 saturated carbocycles. The van der Waals surface area contributed by atoms with Gasteiger partial charge in [0.15, 0.2) is 0 Å². The Labute approximate surface area is 127 Å². The van der Waals surface area contributed by atoms with Crippen LogP contribution in [0, 0.1) is 5.92 Å². The summed E-state index contributed by atoms with van der Waals surface area (Å²) in [5.41, 5.74) is 1.15. The maximum atomic E-state index is 12.4. The third kappa shape index (κ3) is 3.84. The molecule has 2 rings (SSSR count). The van der Waals surface area contributed by atoms with Gasteiger partial charge in [0.2, 0.25) is 5.91 Å². The number of carbonyl (C=O) groups excluding carboxylic acids is 1. The van der Waals surface area contributed by atoms with Gasteiger partial charge in [0, 0.05) is 25.7 Å². The van der Waals surface area contributed by atoms with Gasteiger partial charge in [-0.25, -0.2) is 0 Å². The van der Waals surface area contributed by atoms with Crippen molar-refractivity contribution in [2.45, 2.75) is 46.7 Å². The summed E-state index contributed by atoms with van der Waals surface area (Å²) in [6.07, 6.45) is 2.48. The van der Waals surface area contributed by atoms with Crippen LogP contribution in [0.2, 0.25) is 0 Å². The molecule has 1 aromatic heterocycles. The first-order valence-corrected chi connectivity index (χ1v) is 8.07. The smallest absolute Gasteiger partial charge is 0.223 e. The van der Waals surface area contributed by atoms with E-state index in [1.807, 2.05) is 17.2 Å². The van der Waals surface area contributed by atoms with Crippen LogP contribution in [0.1, 0.15) is 45.9 Å². The van der Waals surface area contributed by atoms with Gasteiger partial charge in [0.25, 0.3) is 0 Å². The van der Waals surface area contributed by atoms with E-state index >= 15 is 0 Å². The Hall–Kier alpha value is -1.36. The molecule has 0 fully saturated rings. The Morgan fingerprint density at radius 2 is 2.14 bits per heavy atom. The largest absolute Gasteiger partial charge is 0.335 e. The Bertz CT molecular complexity index is 465. The Morgan fingerprint density at radius 3 is 2.76 bits per heavy atom. The number of hydrogen-bond acceptors (Lipinski definition) is 3. The average Bonchev–Trinajstić information content (AvgIpc) is 2.92. The number of aromatic nitrogens is 2. The number of fused-ring (bicyclic) bond motifs is 1. The highest BCUT2D eigenvalue weighted by molar-refractivity contribution is 5.76. The van der Waals surface area contributed by atoms with Crippen molar-refractivity contribution in [3.63, 3.8) is 0 Å². The van der Waals surface area contributed by atoms with Gasteiger partial charge in [-0.05, 0) is 25.1 Å². The third-order valence-corrected chi connectivity index (χ3v) is 4.18. The van der Waals surface area contributed by atoms with Crippen molar-refractivity contribution in [2.24, 2.45) is 5.92 Å². The molecule has 1 atom stereocenters. The lowest BCUT2D eigenvalue weighted by atomic mass is 10.1. The number of carbonyl (C=O) groups is 1. The van der Waals surface area contributed by atoms with Crippen LogP contribution in [0.5, 0.6) is 0 Å². The summed E-state index contributed by atoms with van der Waals surface area (Å²) < 4.78 is 2.11. The van der Waals surface area contributed by atoms with Gasteiger partial charge in [-0.3, -0.25) is 9.48 Å². The van der Waals surface area contributed by atoms with E-state index in [9.17, 15) is 4.79 Å². The minimum Gasteiger partial charge on any atom is -0.335 e. The summed E-state index contributed by atoms with van der Waals surface area (Å²) in [7, 11) is 0. The third-order valence-electron chi connectivity index (χ3n) is 4.18. The predicted octanol–water partition coefficient (Wildman–Crippen LogP) is 2.15. The van der Waals surface area contributed by atoms with Gasteiger partial charge < -0.3 is 9.80 Å². The van der Waals surface area contributed by atoms with Crippen molar-refractivity contribution in [1.82, 2.24) is 19.6 Å². The maximum Gasteiger partial charge on any atom is 0.223 e. The van der Waals surface area contributed by atoms with Gasteiger partial charge in [-0.2, -0.15) is 5.10 Å². The van der Waals surface area contributed by atoms with Crippen molar-refractivity contribution >= 4 is 5.91 Å². The summed E-state index contributed by atoms with van der Waals surface area (Å²) in [6, 6.07) is 2.30. The zero-order valence-electron chi connectivity index (χ0n) is 13.7. The van der Waals surface area contributed by atoms with Crippen molar-refractivity contribution in [3.8, 4) is 0 Å². The molecule has 118 valence electrons. The number of nitrogens with zero attached hydrogens (tertiary/aromatic N) is 4. The molecule has 0 aromatic carbocycles. The molecule has 1 aliphatic rings. The van der Waals surface area contributed by atoms with E-state index in [4.69, 9.17) is 0 Å². The molecule has 0 radical (unpaired) electrons. The second-order valence-electron chi connectivity index (χ2n) is 6.28. The highest BCUT2D eigenvalue weighted by Gasteiger charge is 2.29. The number of rotatable bonds is 6. The highest BCUT2D eigenvalue weighted by Crippen LogP contribution is 2.22. The molecule has 0 saturated heterocycles. The van der Waals surface area contributed by atoms with E-state index in [1.54, 1.807) is 0 Å². The van der Waals surface area contributed by atoms with Crippen LogP contribution in [0.25, 0.3) is 0 Å². The summed E-state index contributed by atoms with van der Waals surface area (Å²) in [5, 5.41) is 4.47. The monoisotopic (exact) mass is 292 g/mol. The average molecular weight is 292 g/mol. The molecule has 2 heterocycles. The summed E-state index contributed by atoms with van der Waals surface area (Å²) >= 11 is 0. The van der Waals surface area contributed by atoms with Crippen molar-refractivity contribution in [1.29, 1.82) is 0 Å². The van der Waals surface area contributed by atoms with Gasteiger partial charge in [-0.1, -0.05) is 27.7 Å². The van der Waals surface area contributed by atoms with Crippen LogP contribution < -0.4 is 0 Å². The Kier molecular flexibility index (Phi) is 5.39. The van der Waals surface area contributed by atoms with Gasteiger partial charge in [0.05, 0.1) is 18.3 Å². The first kappa shape index (κ1) is 16.0. The lowest BCUT2D eigenvalue weighted by molar-refractivity contribution is -0.134. The highest BCUT2D eigenvalue weighted by atomic mass is 16.2. The molecule has 0 N–H and O–H groups in total. The number of likely N-dealkylation sites (N-methyl/N-ethyl adjacent to an activating group) is 1. The minimum atomic E-state index is 0.264. The maximum absolute atomic E-state index is 12.4. The first-order chi connectivity index (χ1) is 10.0. The molecular weight excluding hydrogens is 264 g/mol. The van der Waals surface area contributed by atoms with Crippen LogP contribution >= 0.6 is 0 Å². The summed E-state index contributed by atoms with van der Waals surface area (Å²) in [4.78, 5) is 16.8. The molecule has 1 unspecified atom stereocenters. The fraction of sp³-hybridized carbons (Fsp3) is 0.750. The van der Waals surface area contributed by atoms with Crippen LogP contribution in [0.15, 0.2) is 12.3 Å². The van der Waals surface area contributed by atoms with Gasteiger partial charge >= 0.3 is 0 Å². The second kappa shape index (κ2) is 7.07. The summed E-state index contributed by atoms with van der Waals surface area (Å²) in [5.74, 6) is 0.674. The quantitative estimate of drug-likeness (QED) is 0.807. The molecule has 21 heavy (non-hydrogen) atoms. The van der Waals surface area contributed by atoms with E-state index < -0.39 is 0 Å². The normalized spacial score (nSPS) is 18.4. The molecule has 5 heteroatoms. The Morgan fingerprint density at radius 1 is 1.43 bits per heavy atom. The standard InChI is InChI=1S/C16H28N4O/c1-5-18(6-2)10-15-12-19(16(21)9-13(3)4)11-14-7-8-17-20(14)15/h7-8,13,15H,5-6,9-12H2,1-4H3. The number of amides is 1. The van der Waals surface area contributed by atoms with Crippen LogP contribution in [0.3, 0.4) is 0 Å². The fourth-order valence-electron chi connectivity index (χ4n) is 2.97. The molecular formula is C16H28N4O.